The van der Waals surface area contributed by atoms with Gasteiger partial charge in [0.2, 0.25) is 5.91 Å². The Morgan fingerprint density at radius 3 is 2.21 bits per heavy atom. The van der Waals surface area contributed by atoms with Gasteiger partial charge in [0, 0.05) is 14.9 Å². The highest BCUT2D eigenvalue weighted by molar-refractivity contribution is 5.72. The van der Waals surface area contributed by atoms with Gasteiger partial charge in [0.15, 0.2) is 0 Å². The summed E-state index contributed by atoms with van der Waals surface area (Å²) in [6, 6.07) is 0. The molecule has 1 unspecified atom stereocenters. The summed E-state index contributed by atoms with van der Waals surface area (Å²) in [6.45, 7) is 12.6. The van der Waals surface area contributed by atoms with E-state index in [0.717, 1.165) is 26.1 Å². The van der Waals surface area contributed by atoms with Gasteiger partial charge in [0.05, 0.1) is 0 Å². The lowest BCUT2D eigenvalue weighted by Gasteiger charge is -2.14. The third-order valence-corrected chi connectivity index (χ3v) is 1.90. The molecule has 88 valence electrons. The van der Waals surface area contributed by atoms with Crippen LogP contribution >= 0.6 is 0 Å². The van der Waals surface area contributed by atoms with Gasteiger partial charge >= 0.3 is 0 Å². The summed E-state index contributed by atoms with van der Waals surface area (Å²) in [7, 11) is 0. The molecule has 14 heavy (non-hydrogen) atoms. The van der Waals surface area contributed by atoms with Gasteiger partial charge in [0.25, 0.3) is 0 Å². The van der Waals surface area contributed by atoms with E-state index in [0.29, 0.717) is 5.92 Å². The van der Waals surface area contributed by atoms with Crippen LogP contribution in [0.2, 0.25) is 0 Å². The van der Waals surface area contributed by atoms with Gasteiger partial charge in [-0.15, -0.1) is 0 Å². The fraction of sp³-hybridized carbons (Fsp3) is 0.909. The lowest BCUT2D eigenvalue weighted by molar-refractivity contribution is -0.119. The molecule has 0 saturated carbocycles. The van der Waals surface area contributed by atoms with Gasteiger partial charge in [-0.25, -0.2) is 0 Å². The smallest absolute Gasteiger partial charge is 0.216 e. The first-order valence-corrected chi connectivity index (χ1v) is 5.65. The van der Waals surface area contributed by atoms with Gasteiger partial charge in [0.1, 0.15) is 0 Å². The molecule has 0 radical (unpaired) electrons. The van der Waals surface area contributed by atoms with E-state index in [9.17, 15) is 4.79 Å². The lowest BCUT2D eigenvalue weighted by Crippen LogP contribution is -2.33. The predicted octanol–water partition coefficient (Wildman–Crippen LogP) is 2.03. The van der Waals surface area contributed by atoms with Crippen LogP contribution in [0.25, 0.3) is 0 Å². The van der Waals surface area contributed by atoms with Gasteiger partial charge in [-0.05, 0) is 19.0 Å². The molecule has 0 aromatic heterocycles. The number of hydrogen-bond donors (Lipinski definition) is 2. The van der Waals surface area contributed by atoms with Gasteiger partial charge in [-0.3, -0.25) is 4.79 Å². The van der Waals surface area contributed by atoms with Crippen LogP contribution in [0.5, 0.6) is 0 Å². The van der Waals surface area contributed by atoms with Crippen LogP contribution in [0.4, 0.5) is 0 Å². The molecule has 3 nitrogen and oxygen atoms in total. The molecule has 0 aliphatic carbocycles. The molecule has 0 bridgehead atoms. The molecule has 0 aromatic carbocycles. The Bertz CT molecular complexity index is 132. The molecule has 0 spiro atoms. The Labute approximate surface area is 90.1 Å². The normalized spacial score (nSPS) is 11.2. The van der Waals surface area contributed by atoms with Crippen LogP contribution < -0.4 is 10.6 Å². The maximum atomic E-state index is 10.6. The Kier molecular flexibility index (Phi) is 14.1. The van der Waals surface area contributed by atoms with Gasteiger partial charge < -0.3 is 10.6 Å². The van der Waals surface area contributed by atoms with Crippen LogP contribution in [0.3, 0.4) is 0 Å². The Balaban J connectivity index is -0.000000449. The minimum Gasteiger partial charge on any atom is -0.356 e. The maximum absolute atomic E-state index is 10.6. The maximum Gasteiger partial charge on any atom is 0.216 e. The Hall–Kier alpha value is -0.570. The summed E-state index contributed by atoms with van der Waals surface area (Å²) in [4.78, 5) is 10.6. The van der Waals surface area contributed by atoms with E-state index < -0.39 is 0 Å². The summed E-state index contributed by atoms with van der Waals surface area (Å²) < 4.78 is 0. The quantitative estimate of drug-likeness (QED) is 0.695. The molecule has 0 saturated heterocycles. The van der Waals surface area contributed by atoms with Crippen molar-refractivity contribution >= 4 is 5.91 Å². The van der Waals surface area contributed by atoms with E-state index in [-0.39, 0.29) is 7.33 Å². The van der Waals surface area contributed by atoms with E-state index in [1.807, 2.05) is 13.8 Å². The molecular formula is C11H28N2O. The number of carbonyl (C=O) groups excluding carboxylic acids is 1. The van der Waals surface area contributed by atoms with E-state index in [4.69, 9.17) is 0 Å². The topological polar surface area (TPSA) is 41.1 Å². The Morgan fingerprint density at radius 1 is 1.29 bits per heavy atom. The van der Waals surface area contributed by atoms with Crippen molar-refractivity contribution in [3.8, 4) is 0 Å². The average molecular weight is 204 g/mol. The highest BCUT2D eigenvalue weighted by Crippen LogP contribution is 1.98. The van der Waals surface area contributed by atoms with Crippen molar-refractivity contribution in [2.24, 2.45) is 5.92 Å². The first-order valence-electron chi connectivity index (χ1n) is 5.65. The molecule has 2 N–H and O–H groups in total. The lowest BCUT2D eigenvalue weighted by atomic mass is 10.1. The average Bonchev–Trinajstić information content (AvgIpc) is 2.21. The van der Waals surface area contributed by atoms with Crippen molar-refractivity contribution in [1.82, 2.24) is 10.6 Å². The minimum absolute atomic E-state index is 0. The number of hydrogen-bond acceptors (Lipinski definition) is 2. The molecule has 0 rings (SSSR count). The SMILES string of the molecule is CC.CCNCC(CC)CNC(C)=O.[HH]. The third kappa shape index (κ3) is 11.4. The zero-order chi connectivity index (χ0) is 11.4. The number of carbonyl (C=O) groups is 1. The standard InChI is InChI=1S/C9H20N2O.C2H6.H2/c1-4-9(6-10-5-2)7-11-8(3)12;1-2;/h9-10H,4-7H2,1-3H3,(H,11,12);1-2H3;1H. The zero-order valence-corrected chi connectivity index (χ0v) is 10.3. The fourth-order valence-corrected chi connectivity index (χ4v) is 0.997. The monoisotopic (exact) mass is 204 g/mol. The Morgan fingerprint density at radius 2 is 1.86 bits per heavy atom. The first-order chi connectivity index (χ1) is 6.70. The number of rotatable bonds is 6. The summed E-state index contributed by atoms with van der Waals surface area (Å²) in [5.41, 5.74) is 0. The molecule has 0 aromatic rings. The van der Waals surface area contributed by atoms with Crippen molar-refractivity contribution in [2.75, 3.05) is 19.6 Å². The zero-order valence-electron chi connectivity index (χ0n) is 10.3. The van der Waals surface area contributed by atoms with Crippen LogP contribution in [-0.2, 0) is 4.79 Å². The summed E-state index contributed by atoms with van der Waals surface area (Å²) >= 11 is 0. The van der Waals surface area contributed by atoms with Crippen LogP contribution in [-0.4, -0.2) is 25.5 Å². The second-order valence-electron chi connectivity index (χ2n) is 3.02. The summed E-state index contributed by atoms with van der Waals surface area (Å²) in [6.07, 6.45) is 1.10. The van der Waals surface area contributed by atoms with Crippen LogP contribution in [0.1, 0.15) is 42.5 Å². The van der Waals surface area contributed by atoms with E-state index in [1.165, 1.54) is 0 Å². The fourth-order valence-electron chi connectivity index (χ4n) is 0.997. The minimum atomic E-state index is 0. The van der Waals surface area contributed by atoms with E-state index in [1.54, 1.807) is 6.92 Å². The highest BCUT2D eigenvalue weighted by Gasteiger charge is 2.04. The largest absolute Gasteiger partial charge is 0.356 e. The molecule has 0 aliphatic heterocycles. The van der Waals surface area contributed by atoms with Gasteiger partial charge in [-0.1, -0.05) is 34.1 Å². The second kappa shape index (κ2) is 12.4. The molecule has 1 atom stereocenters. The van der Waals surface area contributed by atoms with Gasteiger partial charge in [-0.2, -0.15) is 0 Å². The van der Waals surface area contributed by atoms with Crippen molar-refractivity contribution < 1.29 is 6.22 Å². The molecule has 0 heterocycles. The molecule has 0 aliphatic rings. The summed E-state index contributed by atoms with van der Waals surface area (Å²) in [5.74, 6) is 0.624. The summed E-state index contributed by atoms with van der Waals surface area (Å²) in [5, 5.41) is 6.10. The highest BCUT2D eigenvalue weighted by atomic mass is 16.1. The molecule has 0 fully saturated rings. The van der Waals surface area contributed by atoms with Crippen molar-refractivity contribution in [2.45, 2.75) is 41.0 Å². The van der Waals surface area contributed by atoms with Crippen molar-refractivity contribution in [1.29, 1.82) is 0 Å². The molecule has 1 amide bonds. The number of nitrogens with one attached hydrogen (secondary N) is 2. The number of amides is 1. The van der Waals surface area contributed by atoms with Crippen LogP contribution in [0, 0.1) is 5.92 Å². The first kappa shape index (κ1) is 15.9. The predicted molar refractivity (Wildman–Crippen MR) is 64.5 cm³/mol. The van der Waals surface area contributed by atoms with Crippen LogP contribution in [0.15, 0.2) is 0 Å². The van der Waals surface area contributed by atoms with E-state index >= 15 is 0 Å². The van der Waals surface area contributed by atoms with E-state index in [2.05, 4.69) is 24.5 Å². The third-order valence-electron chi connectivity index (χ3n) is 1.90. The molecular weight excluding hydrogens is 176 g/mol. The van der Waals surface area contributed by atoms with Crippen molar-refractivity contribution in [3.05, 3.63) is 0 Å². The second-order valence-corrected chi connectivity index (χ2v) is 3.02. The molecule has 3 heteroatoms. The van der Waals surface area contributed by atoms with Crippen molar-refractivity contribution in [3.63, 3.8) is 0 Å².